The maximum atomic E-state index is 12.8. The molecular weight excluding hydrogens is 253 g/mol. The lowest BCUT2D eigenvalue weighted by molar-refractivity contribution is 0.281. The second-order valence-corrected chi connectivity index (χ2v) is 5.09. The molecule has 2 N–H and O–H groups in total. The quantitative estimate of drug-likeness (QED) is 0.870. The van der Waals surface area contributed by atoms with Gasteiger partial charge < -0.3 is 10.4 Å². The Labute approximate surface area is 109 Å². The molecule has 1 aromatic carbocycles. The molecule has 0 aliphatic rings. The second-order valence-electron chi connectivity index (χ2n) is 4.03. The summed E-state index contributed by atoms with van der Waals surface area (Å²) in [6.45, 7) is 1.91. The Balaban J connectivity index is 2.00. The normalized spacial score (nSPS) is 12.4. The number of benzene rings is 1. The molecule has 0 spiro atoms. The second kappa shape index (κ2) is 5.88. The third-order valence-electron chi connectivity index (χ3n) is 2.38. The summed E-state index contributed by atoms with van der Waals surface area (Å²) in [5, 5.41) is 21.6. The molecule has 0 aliphatic carbocycles. The van der Waals surface area contributed by atoms with Gasteiger partial charge in [0.1, 0.15) is 10.8 Å². The van der Waals surface area contributed by atoms with E-state index in [1.54, 1.807) is 12.1 Å². The summed E-state index contributed by atoms with van der Waals surface area (Å²) in [7, 11) is 0. The van der Waals surface area contributed by atoms with E-state index in [1.165, 1.54) is 23.5 Å². The molecule has 1 aromatic heterocycles. The highest BCUT2D eigenvalue weighted by Crippen LogP contribution is 2.19. The zero-order chi connectivity index (χ0) is 13.0. The first kappa shape index (κ1) is 12.9. The maximum absolute atomic E-state index is 12.8. The van der Waals surface area contributed by atoms with Gasteiger partial charge in [-0.05, 0) is 24.6 Å². The third-order valence-corrected chi connectivity index (χ3v) is 3.23. The lowest BCUT2D eigenvalue weighted by Crippen LogP contribution is -2.18. The fraction of sp³-hybridized carbons (Fsp3) is 0.333. The van der Waals surface area contributed by atoms with Crippen LogP contribution in [0.2, 0.25) is 0 Å². The van der Waals surface area contributed by atoms with E-state index in [1.807, 2.05) is 6.92 Å². The molecule has 96 valence electrons. The molecule has 2 aromatic rings. The Bertz CT molecular complexity index is 500. The van der Waals surface area contributed by atoms with Crippen LogP contribution in [-0.4, -0.2) is 28.0 Å². The number of nitrogens with zero attached hydrogens (tertiary/aromatic N) is 2. The number of hydrogen-bond donors (Lipinski definition) is 2. The van der Waals surface area contributed by atoms with E-state index < -0.39 is 0 Å². The van der Waals surface area contributed by atoms with Crippen molar-refractivity contribution in [3.63, 3.8) is 0 Å². The van der Waals surface area contributed by atoms with E-state index >= 15 is 0 Å². The van der Waals surface area contributed by atoms with Crippen molar-refractivity contribution in [2.24, 2.45) is 0 Å². The number of nitrogens with one attached hydrogen (secondary N) is 1. The van der Waals surface area contributed by atoms with E-state index in [-0.39, 0.29) is 18.5 Å². The maximum Gasteiger partial charge on any atom is 0.205 e. The molecule has 0 aliphatic heterocycles. The molecule has 4 nitrogen and oxygen atoms in total. The van der Waals surface area contributed by atoms with E-state index in [9.17, 15) is 4.39 Å². The van der Waals surface area contributed by atoms with Crippen molar-refractivity contribution in [2.45, 2.75) is 19.4 Å². The molecule has 1 heterocycles. The van der Waals surface area contributed by atoms with Gasteiger partial charge in [0, 0.05) is 12.5 Å². The van der Waals surface area contributed by atoms with E-state index in [0.29, 0.717) is 11.6 Å². The van der Waals surface area contributed by atoms with Crippen molar-refractivity contribution in [3.8, 4) is 0 Å². The van der Waals surface area contributed by atoms with E-state index in [0.717, 1.165) is 10.6 Å². The average Bonchev–Trinajstić information content (AvgIpc) is 2.79. The van der Waals surface area contributed by atoms with Crippen molar-refractivity contribution in [3.05, 3.63) is 40.7 Å². The summed E-state index contributed by atoms with van der Waals surface area (Å²) < 4.78 is 12.8. The number of rotatable bonds is 5. The first-order chi connectivity index (χ1) is 8.67. The Kier molecular flexibility index (Phi) is 4.22. The minimum absolute atomic E-state index is 0.0448. The van der Waals surface area contributed by atoms with Gasteiger partial charge in [-0.25, -0.2) is 4.39 Å². The van der Waals surface area contributed by atoms with Crippen LogP contribution in [0.1, 0.15) is 17.5 Å². The largest absolute Gasteiger partial charge is 0.394 e. The predicted molar refractivity (Wildman–Crippen MR) is 69.3 cm³/mol. The number of aliphatic hydroxyl groups is 1. The van der Waals surface area contributed by atoms with Crippen molar-refractivity contribution in [1.82, 2.24) is 10.2 Å². The Morgan fingerprint density at radius 2 is 2.06 bits per heavy atom. The highest BCUT2D eigenvalue weighted by atomic mass is 32.1. The zero-order valence-electron chi connectivity index (χ0n) is 9.93. The Morgan fingerprint density at radius 3 is 2.72 bits per heavy atom. The van der Waals surface area contributed by atoms with Crippen molar-refractivity contribution in [2.75, 3.05) is 11.9 Å². The van der Waals surface area contributed by atoms with Gasteiger partial charge in [-0.1, -0.05) is 23.5 Å². The summed E-state index contributed by atoms with van der Waals surface area (Å²) in [5.41, 5.74) is 0.995. The third kappa shape index (κ3) is 3.48. The summed E-state index contributed by atoms with van der Waals surface area (Å²) in [6.07, 6.45) is 0.632. The lowest BCUT2D eigenvalue weighted by atomic mass is 10.2. The smallest absolute Gasteiger partial charge is 0.205 e. The molecule has 0 amide bonds. The van der Waals surface area contributed by atoms with Gasteiger partial charge in [-0.2, -0.15) is 0 Å². The molecule has 2 rings (SSSR count). The number of anilines is 1. The molecular formula is C12H14FN3OS. The number of halogens is 1. The zero-order valence-corrected chi connectivity index (χ0v) is 10.7. The molecule has 0 saturated carbocycles. The molecule has 6 heteroatoms. The molecule has 0 bridgehead atoms. The van der Waals surface area contributed by atoms with Crippen molar-refractivity contribution < 1.29 is 9.50 Å². The topological polar surface area (TPSA) is 58.0 Å². The van der Waals surface area contributed by atoms with Crippen LogP contribution in [0.3, 0.4) is 0 Å². The molecule has 0 saturated heterocycles. The first-order valence-electron chi connectivity index (χ1n) is 5.61. The van der Waals surface area contributed by atoms with Crippen LogP contribution in [0.4, 0.5) is 9.52 Å². The number of aliphatic hydroxyl groups excluding tert-OH is 1. The van der Waals surface area contributed by atoms with Gasteiger partial charge in [0.25, 0.3) is 0 Å². The number of aromatic nitrogens is 2. The van der Waals surface area contributed by atoms with Gasteiger partial charge in [0.2, 0.25) is 5.13 Å². The summed E-state index contributed by atoms with van der Waals surface area (Å²) in [6, 6.07) is 6.30. The lowest BCUT2D eigenvalue weighted by Gasteiger charge is -2.06. The fourth-order valence-electron chi connectivity index (χ4n) is 1.42. The Hall–Kier alpha value is -1.53. The minimum atomic E-state index is -0.241. The molecule has 1 atom stereocenters. The SMILES string of the molecule is CC(CO)Nc1nnc(Cc2ccc(F)cc2)s1. The van der Waals surface area contributed by atoms with Crippen LogP contribution in [0.15, 0.2) is 24.3 Å². The standard InChI is InChI=1S/C12H14FN3OS/c1-8(7-17)14-12-16-15-11(18-12)6-9-2-4-10(13)5-3-9/h2-5,8,17H,6-7H2,1H3,(H,14,16). The monoisotopic (exact) mass is 267 g/mol. The summed E-state index contributed by atoms with van der Waals surface area (Å²) in [4.78, 5) is 0. The minimum Gasteiger partial charge on any atom is -0.394 e. The molecule has 1 unspecified atom stereocenters. The van der Waals surface area contributed by atoms with Crippen LogP contribution < -0.4 is 5.32 Å². The fourth-order valence-corrected chi connectivity index (χ4v) is 2.30. The average molecular weight is 267 g/mol. The van der Waals surface area contributed by atoms with Gasteiger partial charge in [0.15, 0.2) is 0 Å². The molecule has 0 fully saturated rings. The van der Waals surface area contributed by atoms with E-state index in [4.69, 9.17) is 5.11 Å². The van der Waals surface area contributed by atoms with E-state index in [2.05, 4.69) is 15.5 Å². The number of hydrogen-bond acceptors (Lipinski definition) is 5. The van der Waals surface area contributed by atoms with Crippen molar-refractivity contribution >= 4 is 16.5 Å². The highest BCUT2D eigenvalue weighted by molar-refractivity contribution is 7.15. The van der Waals surface area contributed by atoms with Gasteiger partial charge in [-0.15, -0.1) is 10.2 Å². The summed E-state index contributed by atoms with van der Waals surface area (Å²) in [5.74, 6) is -0.241. The molecule has 18 heavy (non-hydrogen) atoms. The van der Waals surface area contributed by atoms with Crippen molar-refractivity contribution in [1.29, 1.82) is 0 Å². The Morgan fingerprint density at radius 1 is 1.33 bits per heavy atom. The van der Waals surface area contributed by atoms with Crippen LogP contribution in [0.25, 0.3) is 0 Å². The van der Waals surface area contributed by atoms with Gasteiger partial charge in [0.05, 0.1) is 6.61 Å². The predicted octanol–water partition coefficient (Wildman–Crippen LogP) is 2.06. The van der Waals surface area contributed by atoms with Crippen LogP contribution >= 0.6 is 11.3 Å². The van der Waals surface area contributed by atoms with Gasteiger partial charge >= 0.3 is 0 Å². The van der Waals surface area contributed by atoms with Crippen LogP contribution in [0.5, 0.6) is 0 Å². The highest BCUT2D eigenvalue weighted by Gasteiger charge is 2.07. The molecule has 0 radical (unpaired) electrons. The van der Waals surface area contributed by atoms with Gasteiger partial charge in [-0.3, -0.25) is 0 Å². The van der Waals surface area contributed by atoms with Crippen LogP contribution in [-0.2, 0) is 6.42 Å². The van der Waals surface area contributed by atoms with Crippen LogP contribution in [0, 0.1) is 5.82 Å². The first-order valence-corrected chi connectivity index (χ1v) is 6.43. The summed E-state index contributed by atoms with van der Waals surface area (Å²) >= 11 is 1.44.